The van der Waals surface area contributed by atoms with Gasteiger partial charge in [-0.25, -0.2) is 4.39 Å². The highest BCUT2D eigenvalue weighted by atomic mass is 19.1. The van der Waals surface area contributed by atoms with Gasteiger partial charge >= 0.3 is 0 Å². The number of benzene rings is 2. The highest BCUT2D eigenvalue weighted by Gasteiger charge is 2.15. The molecule has 0 saturated carbocycles. The Labute approximate surface area is 114 Å². The van der Waals surface area contributed by atoms with Crippen LogP contribution in [-0.2, 0) is 0 Å². The number of hydrogen-bond donors (Lipinski definition) is 0. The van der Waals surface area contributed by atoms with Crippen molar-refractivity contribution in [1.29, 1.82) is 5.26 Å². The van der Waals surface area contributed by atoms with E-state index < -0.39 is 4.92 Å². The van der Waals surface area contributed by atoms with E-state index in [9.17, 15) is 14.5 Å². The summed E-state index contributed by atoms with van der Waals surface area (Å²) in [6.07, 6.45) is 0. The number of halogens is 1. The summed E-state index contributed by atoms with van der Waals surface area (Å²) < 4.78 is 13.2. The van der Waals surface area contributed by atoms with Gasteiger partial charge in [-0.05, 0) is 30.3 Å². The number of hydrogen-bond acceptors (Lipinski definition) is 4. The molecule has 0 unspecified atom stereocenters. The van der Waals surface area contributed by atoms with Gasteiger partial charge in [0.05, 0.1) is 4.92 Å². The molecule has 0 radical (unpaired) electrons. The van der Waals surface area contributed by atoms with Crippen LogP contribution in [-0.4, -0.2) is 12.0 Å². The van der Waals surface area contributed by atoms with Crippen LogP contribution in [0.25, 0.3) is 0 Å². The number of nitriles is 1. The van der Waals surface area contributed by atoms with E-state index in [1.54, 1.807) is 30.1 Å². The van der Waals surface area contributed by atoms with Crippen LogP contribution < -0.4 is 4.90 Å². The molecule has 0 heterocycles. The van der Waals surface area contributed by atoms with Gasteiger partial charge in [0.2, 0.25) is 0 Å². The molecular formula is C14H10FN3O2. The average Bonchev–Trinajstić information content (AvgIpc) is 2.45. The number of rotatable bonds is 3. The molecule has 0 amide bonds. The molecule has 0 N–H and O–H groups in total. The highest BCUT2D eigenvalue weighted by molar-refractivity contribution is 5.67. The summed E-state index contributed by atoms with van der Waals surface area (Å²) in [5, 5.41) is 19.7. The normalized spacial score (nSPS) is 9.85. The molecule has 0 aliphatic heterocycles. The fourth-order valence-electron chi connectivity index (χ4n) is 1.82. The van der Waals surface area contributed by atoms with Gasteiger partial charge in [-0.1, -0.05) is 6.07 Å². The third-order valence-corrected chi connectivity index (χ3v) is 2.88. The molecule has 2 aromatic rings. The molecule has 0 atom stereocenters. The van der Waals surface area contributed by atoms with Crippen molar-refractivity contribution in [3.05, 3.63) is 64.0 Å². The number of nitrogens with zero attached hydrogens (tertiary/aromatic N) is 3. The summed E-state index contributed by atoms with van der Waals surface area (Å²) in [6.45, 7) is 0. The first kappa shape index (κ1) is 13.5. The molecule has 5 nitrogen and oxygen atoms in total. The van der Waals surface area contributed by atoms with E-state index in [-0.39, 0.29) is 17.1 Å². The zero-order valence-corrected chi connectivity index (χ0v) is 10.6. The Morgan fingerprint density at radius 3 is 2.55 bits per heavy atom. The zero-order valence-electron chi connectivity index (χ0n) is 10.6. The summed E-state index contributed by atoms with van der Waals surface area (Å²) in [7, 11) is 1.69. The van der Waals surface area contributed by atoms with Crippen LogP contribution >= 0.6 is 0 Å². The smallest absolute Gasteiger partial charge is 0.287 e. The minimum absolute atomic E-state index is 0.0317. The Hall–Kier alpha value is -2.94. The molecule has 20 heavy (non-hydrogen) atoms. The molecule has 0 aromatic heterocycles. The maximum atomic E-state index is 13.2. The van der Waals surface area contributed by atoms with Gasteiger partial charge in [-0.2, -0.15) is 5.26 Å². The number of anilines is 2. The lowest BCUT2D eigenvalue weighted by Gasteiger charge is -2.19. The molecule has 0 aliphatic rings. The first-order valence-electron chi connectivity index (χ1n) is 5.71. The van der Waals surface area contributed by atoms with Gasteiger partial charge in [-0.15, -0.1) is 0 Å². The number of nitro groups is 1. The van der Waals surface area contributed by atoms with Gasteiger partial charge in [0, 0.05) is 24.5 Å². The molecule has 0 bridgehead atoms. The van der Waals surface area contributed by atoms with E-state index >= 15 is 0 Å². The predicted molar refractivity (Wildman–Crippen MR) is 72.3 cm³/mol. The summed E-state index contributed by atoms with van der Waals surface area (Å²) in [4.78, 5) is 11.8. The van der Waals surface area contributed by atoms with Crippen LogP contribution in [0.5, 0.6) is 0 Å². The van der Waals surface area contributed by atoms with Crippen molar-refractivity contribution in [3.63, 3.8) is 0 Å². The van der Waals surface area contributed by atoms with E-state index in [4.69, 9.17) is 5.26 Å². The monoisotopic (exact) mass is 271 g/mol. The van der Waals surface area contributed by atoms with Crippen molar-refractivity contribution in [2.45, 2.75) is 0 Å². The topological polar surface area (TPSA) is 70.2 Å². The van der Waals surface area contributed by atoms with Gasteiger partial charge in [0.15, 0.2) is 0 Å². The highest BCUT2D eigenvalue weighted by Crippen LogP contribution is 2.28. The van der Waals surface area contributed by atoms with E-state index in [0.717, 1.165) is 0 Å². The molecule has 2 rings (SSSR count). The Morgan fingerprint density at radius 2 is 1.95 bits per heavy atom. The lowest BCUT2D eigenvalue weighted by atomic mass is 10.1. The predicted octanol–water partition coefficient (Wildman–Crippen LogP) is 3.37. The van der Waals surface area contributed by atoms with Gasteiger partial charge in [0.1, 0.15) is 17.4 Å². The van der Waals surface area contributed by atoms with E-state index in [1.807, 2.05) is 0 Å². The van der Waals surface area contributed by atoms with E-state index in [2.05, 4.69) is 0 Å². The summed E-state index contributed by atoms with van der Waals surface area (Å²) in [6, 6.07) is 11.9. The molecule has 6 heteroatoms. The van der Waals surface area contributed by atoms with Crippen LogP contribution in [0.4, 0.5) is 21.5 Å². The third-order valence-electron chi connectivity index (χ3n) is 2.88. The van der Waals surface area contributed by atoms with Crippen LogP contribution in [0.2, 0.25) is 0 Å². The first-order valence-corrected chi connectivity index (χ1v) is 5.71. The lowest BCUT2D eigenvalue weighted by Crippen LogP contribution is -2.10. The molecule has 100 valence electrons. The maximum Gasteiger partial charge on any atom is 0.287 e. The second-order valence-electron chi connectivity index (χ2n) is 4.11. The lowest BCUT2D eigenvalue weighted by molar-refractivity contribution is -0.385. The third kappa shape index (κ3) is 2.57. The molecule has 0 saturated heterocycles. The van der Waals surface area contributed by atoms with E-state index in [0.29, 0.717) is 11.4 Å². The molecular weight excluding hydrogens is 261 g/mol. The minimum atomic E-state index is -0.607. The average molecular weight is 271 g/mol. The summed E-state index contributed by atoms with van der Waals surface area (Å²) in [5.41, 5.74) is 0.875. The van der Waals surface area contributed by atoms with E-state index in [1.165, 1.54) is 30.3 Å². The summed E-state index contributed by atoms with van der Waals surface area (Å²) >= 11 is 0. The van der Waals surface area contributed by atoms with Crippen molar-refractivity contribution in [2.75, 3.05) is 11.9 Å². The molecule has 0 fully saturated rings. The van der Waals surface area contributed by atoms with Crippen molar-refractivity contribution >= 4 is 17.1 Å². The Bertz CT molecular complexity index is 710. The van der Waals surface area contributed by atoms with Gasteiger partial charge in [0.25, 0.3) is 5.69 Å². The molecule has 2 aromatic carbocycles. The maximum absolute atomic E-state index is 13.2. The molecule has 0 aliphatic carbocycles. The fourth-order valence-corrected chi connectivity index (χ4v) is 1.82. The largest absolute Gasteiger partial charge is 0.344 e. The molecule has 0 spiro atoms. The van der Waals surface area contributed by atoms with Crippen LogP contribution in [0.3, 0.4) is 0 Å². The first-order chi connectivity index (χ1) is 9.52. The summed E-state index contributed by atoms with van der Waals surface area (Å²) in [5.74, 6) is -0.378. The quantitative estimate of drug-likeness (QED) is 0.633. The minimum Gasteiger partial charge on any atom is -0.344 e. The second kappa shape index (κ2) is 5.36. The standard InChI is InChI=1S/C14H10FN3O2/c1-17(12-4-2-3-11(15)8-12)13-5-6-14(18(19)20)10(7-13)9-16/h2-8H,1H3. The number of nitro benzene ring substituents is 1. The SMILES string of the molecule is CN(c1cccc(F)c1)c1ccc([N+](=O)[O-])c(C#N)c1. The van der Waals surface area contributed by atoms with Crippen molar-refractivity contribution in [2.24, 2.45) is 0 Å². The fraction of sp³-hybridized carbons (Fsp3) is 0.0714. The Balaban J connectivity index is 2.44. The van der Waals surface area contributed by atoms with Crippen LogP contribution in [0.1, 0.15) is 5.56 Å². The van der Waals surface area contributed by atoms with Crippen molar-refractivity contribution < 1.29 is 9.31 Å². The Kier molecular flexibility index (Phi) is 3.62. The van der Waals surface area contributed by atoms with Crippen molar-refractivity contribution in [1.82, 2.24) is 0 Å². The van der Waals surface area contributed by atoms with Gasteiger partial charge < -0.3 is 4.90 Å². The Morgan fingerprint density at radius 1 is 1.25 bits per heavy atom. The van der Waals surface area contributed by atoms with Crippen molar-refractivity contribution in [3.8, 4) is 6.07 Å². The second-order valence-corrected chi connectivity index (χ2v) is 4.11. The van der Waals surface area contributed by atoms with Crippen LogP contribution in [0.15, 0.2) is 42.5 Å². The zero-order chi connectivity index (χ0) is 14.7. The van der Waals surface area contributed by atoms with Crippen LogP contribution in [0, 0.1) is 27.3 Å². The van der Waals surface area contributed by atoms with Gasteiger partial charge in [-0.3, -0.25) is 10.1 Å².